The quantitative estimate of drug-likeness (QED) is 0.319. The Morgan fingerprint density at radius 3 is 1.91 bits per heavy atom. The number of nitrogens with zero attached hydrogens (tertiary/aromatic N) is 3. The molecule has 0 amide bonds. The number of piperazine rings is 1. The van der Waals surface area contributed by atoms with Gasteiger partial charge in [-0.3, -0.25) is 4.90 Å². The molecule has 0 bridgehead atoms. The first-order valence-electron chi connectivity index (χ1n) is 11.2. The van der Waals surface area contributed by atoms with Gasteiger partial charge in [-0.2, -0.15) is 13.2 Å². The maximum atomic E-state index is 13.6. The van der Waals surface area contributed by atoms with E-state index in [1.165, 1.54) is 11.1 Å². The van der Waals surface area contributed by atoms with E-state index >= 15 is 0 Å². The molecule has 5 rings (SSSR count). The molecule has 0 saturated carbocycles. The lowest BCUT2D eigenvalue weighted by atomic mass is 9.96. The topological polar surface area (TPSA) is 19.4 Å². The number of para-hydroxylation sites is 1. The molecular weight excluding hydrogens is 459 g/mol. The first-order valence-corrected chi connectivity index (χ1v) is 11.5. The van der Waals surface area contributed by atoms with Crippen molar-refractivity contribution in [3.63, 3.8) is 0 Å². The zero-order valence-corrected chi connectivity index (χ0v) is 19.1. The summed E-state index contributed by atoms with van der Waals surface area (Å²) in [7, 11) is 0. The van der Waals surface area contributed by atoms with Crippen LogP contribution in [-0.2, 0) is 6.18 Å². The Kier molecular flexibility index (Phi) is 6.19. The molecular formula is C27H23ClF3N3. The van der Waals surface area contributed by atoms with E-state index in [4.69, 9.17) is 11.6 Å². The predicted octanol–water partition coefficient (Wildman–Crippen LogP) is 6.82. The third kappa shape index (κ3) is 4.48. The van der Waals surface area contributed by atoms with Crippen molar-refractivity contribution >= 4 is 28.2 Å². The van der Waals surface area contributed by atoms with E-state index in [9.17, 15) is 13.2 Å². The van der Waals surface area contributed by atoms with Crippen LogP contribution in [0.15, 0.2) is 84.9 Å². The van der Waals surface area contributed by atoms with Gasteiger partial charge in [-0.25, -0.2) is 4.98 Å². The fourth-order valence-corrected chi connectivity index (χ4v) is 4.93. The van der Waals surface area contributed by atoms with Gasteiger partial charge in [0, 0.05) is 37.3 Å². The fourth-order valence-electron chi connectivity index (χ4n) is 4.71. The Labute approximate surface area is 201 Å². The molecule has 0 atom stereocenters. The number of alkyl halides is 3. The molecule has 174 valence electrons. The van der Waals surface area contributed by atoms with Gasteiger partial charge in [0.05, 0.1) is 16.6 Å². The lowest BCUT2D eigenvalue weighted by Gasteiger charge is -2.41. The van der Waals surface area contributed by atoms with Gasteiger partial charge >= 0.3 is 6.18 Å². The van der Waals surface area contributed by atoms with Crippen LogP contribution in [0.2, 0.25) is 5.02 Å². The van der Waals surface area contributed by atoms with Crippen LogP contribution in [-0.4, -0.2) is 36.1 Å². The van der Waals surface area contributed by atoms with Gasteiger partial charge in [0.15, 0.2) is 0 Å². The molecule has 0 aliphatic carbocycles. The summed E-state index contributed by atoms with van der Waals surface area (Å²) in [6, 6.07) is 27.0. The van der Waals surface area contributed by atoms with Crippen LogP contribution in [0, 0.1) is 0 Å². The molecule has 7 heteroatoms. The number of rotatable bonds is 4. The van der Waals surface area contributed by atoms with Crippen molar-refractivity contribution in [1.82, 2.24) is 9.88 Å². The monoisotopic (exact) mass is 481 g/mol. The second-order valence-electron chi connectivity index (χ2n) is 8.41. The average Bonchev–Trinajstić information content (AvgIpc) is 2.85. The third-order valence-electron chi connectivity index (χ3n) is 6.31. The highest BCUT2D eigenvalue weighted by Gasteiger charge is 2.35. The Bertz CT molecular complexity index is 1230. The molecule has 4 aromatic rings. The third-order valence-corrected chi connectivity index (χ3v) is 6.61. The summed E-state index contributed by atoms with van der Waals surface area (Å²) < 4.78 is 40.8. The molecule has 0 spiro atoms. The highest BCUT2D eigenvalue weighted by Crippen LogP contribution is 2.38. The molecule has 1 saturated heterocycles. The van der Waals surface area contributed by atoms with Crippen molar-refractivity contribution < 1.29 is 13.2 Å². The van der Waals surface area contributed by atoms with Gasteiger partial charge in [-0.1, -0.05) is 84.4 Å². The van der Waals surface area contributed by atoms with Crippen molar-refractivity contribution in [3.05, 3.63) is 107 Å². The van der Waals surface area contributed by atoms with Crippen molar-refractivity contribution in [2.45, 2.75) is 12.2 Å². The lowest BCUT2D eigenvalue weighted by molar-refractivity contribution is -0.140. The van der Waals surface area contributed by atoms with Gasteiger partial charge in [0.25, 0.3) is 0 Å². The predicted molar refractivity (Wildman–Crippen MR) is 130 cm³/mol. The second kappa shape index (κ2) is 9.28. The van der Waals surface area contributed by atoms with Gasteiger partial charge < -0.3 is 4.90 Å². The Hall–Kier alpha value is -3.09. The molecule has 3 aromatic carbocycles. The normalized spacial score (nSPS) is 15.3. The number of halogens is 4. The summed E-state index contributed by atoms with van der Waals surface area (Å²) in [6.45, 7) is 2.61. The van der Waals surface area contributed by atoms with Gasteiger partial charge in [-0.15, -0.1) is 0 Å². The molecule has 0 N–H and O–H groups in total. The van der Waals surface area contributed by atoms with Crippen LogP contribution in [0.25, 0.3) is 10.9 Å². The van der Waals surface area contributed by atoms with Crippen LogP contribution in [0.3, 0.4) is 0 Å². The first-order chi connectivity index (χ1) is 16.4. The Balaban J connectivity index is 1.47. The molecule has 0 unspecified atom stereocenters. The summed E-state index contributed by atoms with van der Waals surface area (Å²) >= 11 is 6.23. The highest BCUT2D eigenvalue weighted by molar-refractivity contribution is 6.35. The van der Waals surface area contributed by atoms with E-state index in [2.05, 4.69) is 34.1 Å². The summed E-state index contributed by atoms with van der Waals surface area (Å²) in [5.74, 6) is 0. The molecule has 3 nitrogen and oxygen atoms in total. The maximum Gasteiger partial charge on any atom is 0.433 e. The van der Waals surface area contributed by atoms with Crippen LogP contribution in [0.1, 0.15) is 22.9 Å². The summed E-state index contributed by atoms with van der Waals surface area (Å²) in [6.07, 6.45) is -4.55. The minimum atomic E-state index is -4.55. The lowest BCUT2D eigenvalue weighted by Crippen LogP contribution is -2.48. The van der Waals surface area contributed by atoms with Crippen molar-refractivity contribution in [1.29, 1.82) is 0 Å². The molecule has 1 aliphatic rings. The van der Waals surface area contributed by atoms with E-state index in [0.717, 1.165) is 6.07 Å². The molecule has 2 heterocycles. The van der Waals surface area contributed by atoms with Crippen molar-refractivity contribution in [2.75, 3.05) is 31.1 Å². The fraction of sp³-hybridized carbons (Fsp3) is 0.222. The molecule has 1 aliphatic heterocycles. The number of fused-ring (bicyclic) bond motifs is 1. The number of pyridine rings is 1. The number of anilines is 1. The van der Waals surface area contributed by atoms with Crippen LogP contribution in [0.5, 0.6) is 0 Å². The standard InChI is InChI=1S/C27H23ClF3N3/c28-22-13-7-12-21-23(18-24(27(29,30)31)32-25(21)22)33-14-16-34(17-15-33)26(19-8-3-1-4-9-19)20-10-5-2-6-11-20/h1-13,18,26H,14-17H2. The second-order valence-corrected chi connectivity index (χ2v) is 8.81. The van der Waals surface area contributed by atoms with E-state index in [1.54, 1.807) is 18.2 Å². The molecule has 1 aromatic heterocycles. The van der Waals surface area contributed by atoms with E-state index < -0.39 is 11.9 Å². The summed E-state index contributed by atoms with van der Waals surface area (Å²) in [4.78, 5) is 8.23. The number of benzene rings is 3. The van der Waals surface area contributed by atoms with Gasteiger partial charge in [0.2, 0.25) is 0 Å². The van der Waals surface area contributed by atoms with E-state index in [1.807, 2.05) is 41.3 Å². The van der Waals surface area contributed by atoms with Crippen LogP contribution >= 0.6 is 11.6 Å². The van der Waals surface area contributed by atoms with Crippen LogP contribution < -0.4 is 4.90 Å². The number of hydrogen-bond donors (Lipinski definition) is 0. The number of hydrogen-bond acceptors (Lipinski definition) is 3. The Morgan fingerprint density at radius 2 is 1.35 bits per heavy atom. The molecule has 1 fully saturated rings. The first kappa shape index (κ1) is 22.7. The minimum absolute atomic E-state index is 0.0823. The SMILES string of the molecule is FC(F)(F)c1cc(N2CCN(C(c3ccccc3)c3ccccc3)CC2)c2cccc(Cl)c2n1. The van der Waals surface area contributed by atoms with Crippen LogP contribution in [0.4, 0.5) is 18.9 Å². The Morgan fingerprint density at radius 1 is 0.765 bits per heavy atom. The molecule has 34 heavy (non-hydrogen) atoms. The van der Waals surface area contributed by atoms with E-state index in [-0.39, 0.29) is 16.6 Å². The largest absolute Gasteiger partial charge is 0.433 e. The van der Waals surface area contributed by atoms with Crippen molar-refractivity contribution in [3.8, 4) is 0 Å². The van der Waals surface area contributed by atoms with E-state index in [0.29, 0.717) is 37.3 Å². The van der Waals surface area contributed by atoms with Crippen molar-refractivity contribution in [2.24, 2.45) is 0 Å². The van der Waals surface area contributed by atoms with Gasteiger partial charge in [-0.05, 0) is 23.3 Å². The zero-order chi connectivity index (χ0) is 23.7. The summed E-state index contributed by atoms with van der Waals surface area (Å²) in [5.41, 5.74) is 2.18. The zero-order valence-electron chi connectivity index (χ0n) is 18.3. The maximum absolute atomic E-state index is 13.6. The number of aromatic nitrogens is 1. The minimum Gasteiger partial charge on any atom is -0.368 e. The summed E-state index contributed by atoms with van der Waals surface area (Å²) in [5, 5.41) is 0.855. The average molecular weight is 482 g/mol. The molecule has 0 radical (unpaired) electrons. The van der Waals surface area contributed by atoms with Gasteiger partial charge in [0.1, 0.15) is 5.69 Å². The highest BCUT2D eigenvalue weighted by atomic mass is 35.5. The smallest absolute Gasteiger partial charge is 0.368 e.